The van der Waals surface area contributed by atoms with Crippen LogP contribution in [0.3, 0.4) is 0 Å². The minimum Gasteiger partial charge on any atom is -0.330 e. The first-order valence-corrected chi connectivity index (χ1v) is 5.49. The molecule has 1 unspecified atom stereocenters. The van der Waals surface area contributed by atoms with Crippen LogP contribution in [-0.4, -0.2) is 22.4 Å². The maximum atomic E-state index is 11.7. The molecule has 0 aliphatic heterocycles. The number of anilines is 1. The molecule has 0 aliphatic rings. The van der Waals surface area contributed by atoms with Crippen LogP contribution in [0.15, 0.2) is 12.4 Å². The molecule has 0 aromatic carbocycles. The van der Waals surface area contributed by atoms with Crippen LogP contribution in [0.4, 0.5) is 5.82 Å². The summed E-state index contributed by atoms with van der Waals surface area (Å²) in [4.78, 5) is 19.3. The van der Waals surface area contributed by atoms with Crippen molar-refractivity contribution in [3.8, 4) is 0 Å². The summed E-state index contributed by atoms with van der Waals surface area (Å²) in [5.41, 5.74) is 5.38. The Labute approximate surface area is 99.4 Å². The van der Waals surface area contributed by atoms with Crippen molar-refractivity contribution in [3.05, 3.63) is 17.5 Å². The number of halogens is 1. The Bertz CT molecular complexity index is 358. The number of hydrogen-bond donors (Lipinski definition) is 2. The van der Waals surface area contributed by atoms with E-state index in [1.165, 1.54) is 12.4 Å². The molecule has 0 radical (unpaired) electrons. The molecule has 1 aromatic rings. The van der Waals surface area contributed by atoms with Gasteiger partial charge in [-0.05, 0) is 19.4 Å². The second kappa shape index (κ2) is 6.40. The smallest absolute Gasteiger partial charge is 0.228 e. The molecule has 0 aliphatic carbocycles. The standard InChI is InChI=1S/C10H15ClN4O/c1-7(3-2-4-12)10(16)15-9-5-8(11)13-6-14-9/h5-7H,2-4,12H2,1H3,(H,13,14,15,16). The number of nitrogens with one attached hydrogen (secondary N) is 1. The highest BCUT2D eigenvalue weighted by Crippen LogP contribution is 2.12. The van der Waals surface area contributed by atoms with E-state index in [-0.39, 0.29) is 11.8 Å². The second-order valence-electron chi connectivity index (χ2n) is 3.55. The van der Waals surface area contributed by atoms with E-state index in [1.54, 1.807) is 0 Å². The maximum Gasteiger partial charge on any atom is 0.228 e. The number of hydrogen-bond acceptors (Lipinski definition) is 4. The zero-order valence-corrected chi connectivity index (χ0v) is 9.87. The van der Waals surface area contributed by atoms with E-state index >= 15 is 0 Å². The molecule has 1 rings (SSSR count). The van der Waals surface area contributed by atoms with Gasteiger partial charge in [0.25, 0.3) is 0 Å². The van der Waals surface area contributed by atoms with Crippen LogP contribution >= 0.6 is 11.6 Å². The highest BCUT2D eigenvalue weighted by atomic mass is 35.5. The van der Waals surface area contributed by atoms with Gasteiger partial charge >= 0.3 is 0 Å². The Morgan fingerprint density at radius 1 is 1.62 bits per heavy atom. The van der Waals surface area contributed by atoms with Crippen molar-refractivity contribution in [1.82, 2.24) is 9.97 Å². The molecule has 3 N–H and O–H groups in total. The van der Waals surface area contributed by atoms with Crippen molar-refractivity contribution < 1.29 is 4.79 Å². The lowest BCUT2D eigenvalue weighted by atomic mass is 10.1. The molecule has 0 bridgehead atoms. The zero-order chi connectivity index (χ0) is 12.0. The lowest BCUT2D eigenvalue weighted by molar-refractivity contribution is -0.119. The number of carbonyl (C=O) groups excluding carboxylic acids is 1. The number of aromatic nitrogens is 2. The third-order valence-corrected chi connectivity index (χ3v) is 2.38. The summed E-state index contributed by atoms with van der Waals surface area (Å²) in [6.45, 7) is 2.45. The molecule has 0 fully saturated rings. The summed E-state index contributed by atoms with van der Waals surface area (Å²) in [6.07, 6.45) is 2.91. The van der Waals surface area contributed by atoms with Gasteiger partial charge in [-0.25, -0.2) is 9.97 Å². The Balaban J connectivity index is 2.50. The minimum absolute atomic E-state index is 0.0804. The summed E-state index contributed by atoms with van der Waals surface area (Å²) >= 11 is 5.67. The van der Waals surface area contributed by atoms with Crippen molar-refractivity contribution in [2.45, 2.75) is 19.8 Å². The SMILES string of the molecule is CC(CCCN)C(=O)Nc1cc(Cl)ncn1. The largest absolute Gasteiger partial charge is 0.330 e. The van der Waals surface area contributed by atoms with Gasteiger partial charge in [0.1, 0.15) is 17.3 Å². The molecule has 0 spiro atoms. The second-order valence-corrected chi connectivity index (χ2v) is 3.93. The number of nitrogens with zero attached hydrogens (tertiary/aromatic N) is 2. The van der Waals surface area contributed by atoms with Crippen molar-refractivity contribution in [1.29, 1.82) is 0 Å². The van der Waals surface area contributed by atoms with E-state index in [2.05, 4.69) is 15.3 Å². The van der Waals surface area contributed by atoms with Crippen LogP contribution in [0.5, 0.6) is 0 Å². The molecule has 6 heteroatoms. The number of rotatable bonds is 5. The third-order valence-electron chi connectivity index (χ3n) is 2.17. The first-order chi connectivity index (χ1) is 7.63. The van der Waals surface area contributed by atoms with E-state index in [1.807, 2.05) is 6.92 Å². The van der Waals surface area contributed by atoms with Gasteiger partial charge in [0.15, 0.2) is 0 Å². The van der Waals surface area contributed by atoms with Crippen LogP contribution in [0.25, 0.3) is 0 Å². The van der Waals surface area contributed by atoms with Crippen LogP contribution in [0, 0.1) is 5.92 Å². The molecular formula is C10H15ClN4O. The molecule has 1 heterocycles. The van der Waals surface area contributed by atoms with E-state index in [9.17, 15) is 4.79 Å². The number of amides is 1. The molecule has 88 valence electrons. The molecule has 0 saturated carbocycles. The highest BCUT2D eigenvalue weighted by molar-refractivity contribution is 6.29. The average molecular weight is 243 g/mol. The van der Waals surface area contributed by atoms with Crippen LogP contribution < -0.4 is 11.1 Å². The fraction of sp³-hybridized carbons (Fsp3) is 0.500. The summed E-state index contributed by atoms with van der Waals surface area (Å²) < 4.78 is 0. The lowest BCUT2D eigenvalue weighted by Gasteiger charge is -2.10. The lowest BCUT2D eigenvalue weighted by Crippen LogP contribution is -2.21. The van der Waals surface area contributed by atoms with Gasteiger partial charge in [0.05, 0.1) is 0 Å². The quantitative estimate of drug-likeness (QED) is 0.766. The van der Waals surface area contributed by atoms with Gasteiger partial charge in [0, 0.05) is 12.0 Å². The summed E-state index contributed by atoms with van der Waals surface area (Å²) in [7, 11) is 0. The van der Waals surface area contributed by atoms with Gasteiger partial charge in [-0.15, -0.1) is 0 Å². The minimum atomic E-state index is -0.0858. The summed E-state index contributed by atoms with van der Waals surface area (Å²) in [5.74, 6) is 0.255. The maximum absolute atomic E-state index is 11.7. The summed E-state index contributed by atoms with van der Waals surface area (Å²) in [6, 6.07) is 1.51. The Hall–Kier alpha value is -1.20. The van der Waals surface area contributed by atoms with Crippen molar-refractivity contribution in [2.24, 2.45) is 11.7 Å². The predicted molar refractivity (Wildman–Crippen MR) is 63.1 cm³/mol. The van der Waals surface area contributed by atoms with Crippen molar-refractivity contribution in [2.75, 3.05) is 11.9 Å². The monoisotopic (exact) mass is 242 g/mol. The molecule has 16 heavy (non-hydrogen) atoms. The van der Waals surface area contributed by atoms with Crippen LogP contribution in [0.2, 0.25) is 5.15 Å². The molecular weight excluding hydrogens is 228 g/mol. The fourth-order valence-corrected chi connectivity index (χ4v) is 1.35. The van der Waals surface area contributed by atoms with Gasteiger partial charge in [0.2, 0.25) is 5.91 Å². The first-order valence-electron chi connectivity index (χ1n) is 5.12. The zero-order valence-electron chi connectivity index (χ0n) is 9.11. The molecule has 1 amide bonds. The highest BCUT2D eigenvalue weighted by Gasteiger charge is 2.12. The van der Waals surface area contributed by atoms with E-state index < -0.39 is 0 Å². The van der Waals surface area contributed by atoms with Gasteiger partial charge in [-0.2, -0.15) is 0 Å². The third kappa shape index (κ3) is 4.12. The van der Waals surface area contributed by atoms with Crippen molar-refractivity contribution >= 4 is 23.3 Å². The van der Waals surface area contributed by atoms with E-state index in [0.29, 0.717) is 17.5 Å². The Morgan fingerprint density at radius 3 is 3.00 bits per heavy atom. The molecule has 0 saturated heterocycles. The molecule has 5 nitrogen and oxygen atoms in total. The number of carbonyl (C=O) groups is 1. The average Bonchev–Trinajstić information content (AvgIpc) is 2.25. The van der Waals surface area contributed by atoms with Gasteiger partial charge < -0.3 is 11.1 Å². The van der Waals surface area contributed by atoms with Crippen LogP contribution in [0.1, 0.15) is 19.8 Å². The topological polar surface area (TPSA) is 80.9 Å². The van der Waals surface area contributed by atoms with Crippen LogP contribution in [-0.2, 0) is 4.79 Å². The Kier molecular flexibility index (Phi) is 5.14. The van der Waals surface area contributed by atoms with Gasteiger partial charge in [-0.3, -0.25) is 4.79 Å². The summed E-state index contributed by atoms with van der Waals surface area (Å²) in [5, 5.41) is 2.98. The Morgan fingerprint density at radius 2 is 2.38 bits per heavy atom. The van der Waals surface area contributed by atoms with E-state index in [0.717, 1.165) is 12.8 Å². The molecule has 1 atom stereocenters. The number of nitrogens with two attached hydrogens (primary N) is 1. The predicted octanol–water partition coefficient (Wildman–Crippen LogP) is 1.44. The fourth-order valence-electron chi connectivity index (χ4n) is 1.21. The van der Waals surface area contributed by atoms with E-state index in [4.69, 9.17) is 17.3 Å². The van der Waals surface area contributed by atoms with Crippen molar-refractivity contribution in [3.63, 3.8) is 0 Å². The first kappa shape index (κ1) is 12.9. The molecule has 1 aromatic heterocycles. The normalized spacial score (nSPS) is 12.2. The van der Waals surface area contributed by atoms with Gasteiger partial charge in [-0.1, -0.05) is 18.5 Å².